The van der Waals surface area contributed by atoms with Crippen LogP contribution in [-0.2, 0) is 9.53 Å². The lowest BCUT2D eigenvalue weighted by Crippen LogP contribution is -2.49. The first-order valence-electron chi connectivity index (χ1n) is 9.22. The number of aryl methyl sites for hydroxylation is 1. The number of piperidine rings is 1. The Labute approximate surface area is 149 Å². The SMILES string of the molecule is COC1(CC(=O)NC2CCN(C(=O)c3ccc(C)cc3)CC2)CCC1. The Bertz CT molecular complexity index is 609. The molecule has 1 saturated heterocycles. The van der Waals surface area contributed by atoms with Gasteiger partial charge in [-0.1, -0.05) is 17.7 Å². The molecule has 2 fully saturated rings. The topological polar surface area (TPSA) is 58.6 Å². The highest BCUT2D eigenvalue weighted by Crippen LogP contribution is 2.37. The standard InChI is InChI=1S/C20H28N2O3/c1-15-4-6-16(7-5-15)19(24)22-12-8-17(9-13-22)21-18(23)14-20(25-2)10-3-11-20/h4-7,17H,3,8-14H2,1-2H3,(H,21,23). The molecule has 0 aromatic heterocycles. The molecule has 0 atom stereocenters. The molecule has 5 heteroatoms. The maximum atomic E-state index is 12.5. The minimum absolute atomic E-state index is 0.0739. The molecule has 0 bridgehead atoms. The summed E-state index contributed by atoms with van der Waals surface area (Å²) >= 11 is 0. The molecule has 1 aliphatic heterocycles. The zero-order chi connectivity index (χ0) is 17.9. The van der Waals surface area contributed by atoms with Gasteiger partial charge in [0.05, 0.1) is 12.0 Å². The van der Waals surface area contributed by atoms with Crippen molar-refractivity contribution < 1.29 is 14.3 Å². The van der Waals surface area contributed by atoms with Gasteiger partial charge in [-0.3, -0.25) is 9.59 Å². The number of ether oxygens (including phenoxy) is 1. The lowest BCUT2D eigenvalue weighted by atomic mass is 9.77. The number of benzene rings is 1. The highest BCUT2D eigenvalue weighted by atomic mass is 16.5. The molecule has 136 valence electrons. The number of likely N-dealkylation sites (tertiary alicyclic amines) is 1. The molecule has 1 saturated carbocycles. The van der Waals surface area contributed by atoms with Gasteiger partial charge in [0.25, 0.3) is 5.91 Å². The van der Waals surface area contributed by atoms with E-state index in [1.54, 1.807) is 7.11 Å². The van der Waals surface area contributed by atoms with Crippen molar-refractivity contribution in [3.63, 3.8) is 0 Å². The number of carbonyl (C=O) groups excluding carboxylic acids is 2. The maximum absolute atomic E-state index is 12.5. The third-order valence-corrected chi connectivity index (χ3v) is 5.63. The fourth-order valence-corrected chi connectivity index (χ4v) is 3.70. The Morgan fingerprint density at radius 1 is 1.20 bits per heavy atom. The summed E-state index contributed by atoms with van der Waals surface area (Å²) in [6.45, 7) is 3.39. The van der Waals surface area contributed by atoms with Crippen molar-refractivity contribution in [3.8, 4) is 0 Å². The highest BCUT2D eigenvalue weighted by Gasteiger charge is 2.39. The summed E-state index contributed by atoms with van der Waals surface area (Å²) in [6.07, 6.45) is 5.15. The van der Waals surface area contributed by atoms with Crippen LogP contribution in [-0.4, -0.2) is 48.6 Å². The molecule has 1 aliphatic carbocycles. The Kier molecular flexibility index (Phi) is 5.42. The average Bonchev–Trinajstić information content (AvgIpc) is 2.59. The maximum Gasteiger partial charge on any atom is 0.253 e. The van der Waals surface area contributed by atoms with Gasteiger partial charge in [-0.25, -0.2) is 0 Å². The number of hydrogen-bond donors (Lipinski definition) is 1. The van der Waals surface area contributed by atoms with E-state index in [2.05, 4.69) is 5.32 Å². The molecular weight excluding hydrogens is 316 g/mol. The summed E-state index contributed by atoms with van der Waals surface area (Å²) in [5.41, 5.74) is 1.66. The Balaban J connectivity index is 1.46. The van der Waals surface area contributed by atoms with E-state index in [9.17, 15) is 9.59 Å². The van der Waals surface area contributed by atoms with Gasteiger partial charge in [-0.15, -0.1) is 0 Å². The van der Waals surface area contributed by atoms with Crippen molar-refractivity contribution in [1.29, 1.82) is 0 Å². The average molecular weight is 344 g/mol. The highest BCUT2D eigenvalue weighted by molar-refractivity contribution is 5.94. The van der Waals surface area contributed by atoms with Crippen molar-refractivity contribution in [2.75, 3.05) is 20.2 Å². The molecule has 1 heterocycles. The molecule has 25 heavy (non-hydrogen) atoms. The van der Waals surface area contributed by atoms with Gasteiger partial charge in [0, 0.05) is 31.8 Å². The van der Waals surface area contributed by atoms with Crippen molar-refractivity contribution in [1.82, 2.24) is 10.2 Å². The Hall–Kier alpha value is -1.88. The van der Waals surface area contributed by atoms with E-state index >= 15 is 0 Å². The summed E-state index contributed by atoms with van der Waals surface area (Å²) in [6, 6.07) is 7.85. The number of rotatable bonds is 5. The molecule has 0 spiro atoms. The van der Waals surface area contributed by atoms with E-state index in [4.69, 9.17) is 4.74 Å². The molecule has 0 unspecified atom stereocenters. The molecule has 3 rings (SSSR count). The van der Waals surface area contributed by atoms with Crippen molar-refractivity contribution in [2.45, 2.75) is 57.1 Å². The first-order valence-corrected chi connectivity index (χ1v) is 9.22. The molecule has 1 aromatic carbocycles. The number of nitrogens with zero attached hydrogens (tertiary/aromatic N) is 1. The van der Waals surface area contributed by atoms with Crippen LogP contribution in [0.3, 0.4) is 0 Å². The molecule has 1 aromatic rings. The van der Waals surface area contributed by atoms with Gasteiger partial charge < -0.3 is 15.0 Å². The minimum atomic E-state index is -0.230. The first-order chi connectivity index (χ1) is 12.0. The fraction of sp³-hybridized carbons (Fsp3) is 0.600. The summed E-state index contributed by atoms with van der Waals surface area (Å²) < 4.78 is 5.53. The molecule has 1 N–H and O–H groups in total. The van der Waals surface area contributed by atoms with E-state index in [-0.39, 0.29) is 23.5 Å². The molecule has 2 amide bonds. The van der Waals surface area contributed by atoms with Gasteiger partial charge in [0.15, 0.2) is 0 Å². The Morgan fingerprint density at radius 3 is 2.36 bits per heavy atom. The van der Waals surface area contributed by atoms with E-state index in [1.165, 1.54) is 0 Å². The van der Waals surface area contributed by atoms with Crippen molar-refractivity contribution >= 4 is 11.8 Å². The van der Waals surface area contributed by atoms with Crippen LogP contribution in [0.5, 0.6) is 0 Å². The number of carbonyl (C=O) groups is 2. The lowest BCUT2D eigenvalue weighted by Gasteiger charge is -2.40. The predicted octanol–water partition coefficient (Wildman–Crippen LogP) is 2.68. The number of amides is 2. The summed E-state index contributed by atoms with van der Waals surface area (Å²) in [5.74, 6) is 0.155. The van der Waals surface area contributed by atoms with Crippen LogP contribution in [0.2, 0.25) is 0 Å². The number of methoxy groups -OCH3 is 1. The van der Waals surface area contributed by atoms with E-state index < -0.39 is 0 Å². The van der Waals surface area contributed by atoms with Crippen LogP contribution in [0.25, 0.3) is 0 Å². The van der Waals surface area contributed by atoms with Gasteiger partial charge in [-0.05, 0) is 51.2 Å². The monoisotopic (exact) mass is 344 g/mol. The van der Waals surface area contributed by atoms with Crippen LogP contribution >= 0.6 is 0 Å². The zero-order valence-electron chi connectivity index (χ0n) is 15.2. The summed E-state index contributed by atoms with van der Waals surface area (Å²) in [4.78, 5) is 26.7. The van der Waals surface area contributed by atoms with Crippen LogP contribution < -0.4 is 5.32 Å². The van der Waals surface area contributed by atoms with Gasteiger partial charge in [0.1, 0.15) is 0 Å². The second kappa shape index (κ2) is 7.56. The second-order valence-corrected chi connectivity index (χ2v) is 7.42. The second-order valence-electron chi connectivity index (χ2n) is 7.42. The molecule has 2 aliphatic rings. The van der Waals surface area contributed by atoms with Gasteiger partial charge in [-0.2, -0.15) is 0 Å². The van der Waals surface area contributed by atoms with Gasteiger partial charge >= 0.3 is 0 Å². The first kappa shape index (κ1) is 17.9. The predicted molar refractivity (Wildman–Crippen MR) is 96.5 cm³/mol. The van der Waals surface area contributed by atoms with E-state index in [0.717, 1.165) is 43.2 Å². The van der Waals surface area contributed by atoms with Crippen molar-refractivity contribution in [3.05, 3.63) is 35.4 Å². The third-order valence-electron chi connectivity index (χ3n) is 5.63. The normalized spacial score (nSPS) is 20.0. The third kappa shape index (κ3) is 4.21. The quantitative estimate of drug-likeness (QED) is 0.893. The van der Waals surface area contributed by atoms with Gasteiger partial charge in [0.2, 0.25) is 5.91 Å². The van der Waals surface area contributed by atoms with Crippen LogP contribution in [0.15, 0.2) is 24.3 Å². The zero-order valence-corrected chi connectivity index (χ0v) is 15.2. The lowest BCUT2D eigenvalue weighted by molar-refractivity contribution is -0.135. The van der Waals surface area contributed by atoms with Crippen LogP contribution in [0, 0.1) is 6.92 Å². The largest absolute Gasteiger partial charge is 0.378 e. The molecule has 0 radical (unpaired) electrons. The molecule has 5 nitrogen and oxygen atoms in total. The number of hydrogen-bond acceptors (Lipinski definition) is 3. The van der Waals surface area contributed by atoms with Crippen molar-refractivity contribution in [2.24, 2.45) is 0 Å². The minimum Gasteiger partial charge on any atom is -0.378 e. The Morgan fingerprint density at radius 2 is 1.84 bits per heavy atom. The fourth-order valence-electron chi connectivity index (χ4n) is 3.70. The molecular formula is C20H28N2O3. The van der Waals surface area contributed by atoms with E-state index in [0.29, 0.717) is 19.5 Å². The van der Waals surface area contributed by atoms with Crippen LogP contribution in [0.4, 0.5) is 0 Å². The van der Waals surface area contributed by atoms with Crippen LogP contribution in [0.1, 0.15) is 54.4 Å². The van der Waals surface area contributed by atoms with E-state index in [1.807, 2.05) is 36.1 Å². The number of nitrogens with one attached hydrogen (secondary N) is 1. The summed E-state index contributed by atoms with van der Waals surface area (Å²) in [5, 5.41) is 3.13. The smallest absolute Gasteiger partial charge is 0.253 e. The summed E-state index contributed by atoms with van der Waals surface area (Å²) in [7, 11) is 1.70.